The standard InChI is InChI=1S/C15H23BrN2S/c1-3-14(17)8-12-4-5-13(16)9-15(12)18-6-7-19-10-11(18)2/h4-5,9,11,14H,3,6-8,10,17H2,1-2H3. The van der Waals surface area contributed by atoms with Gasteiger partial charge in [0, 0.05) is 40.3 Å². The van der Waals surface area contributed by atoms with Gasteiger partial charge in [-0.05, 0) is 37.5 Å². The molecule has 0 amide bonds. The lowest BCUT2D eigenvalue weighted by Crippen LogP contribution is -2.41. The molecule has 2 rings (SSSR count). The molecule has 1 aliphatic heterocycles. The molecule has 2 nitrogen and oxygen atoms in total. The molecule has 1 aliphatic rings. The van der Waals surface area contributed by atoms with Crippen LogP contribution < -0.4 is 10.6 Å². The summed E-state index contributed by atoms with van der Waals surface area (Å²) in [7, 11) is 0. The second-order valence-corrected chi connectivity index (χ2v) is 7.33. The summed E-state index contributed by atoms with van der Waals surface area (Å²) >= 11 is 5.65. The van der Waals surface area contributed by atoms with Gasteiger partial charge in [-0.25, -0.2) is 0 Å². The Bertz CT molecular complexity index is 425. The lowest BCUT2D eigenvalue weighted by Gasteiger charge is -2.36. The molecule has 2 unspecified atom stereocenters. The van der Waals surface area contributed by atoms with E-state index in [0.717, 1.165) is 23.9 Å². The van der Waals surface area contributed by atoms with Gasteiger partial charge in [0.1, 0.15) is 0 Å². The van der Waals surface area contributed by atoms with Crippen LogP contribution in [0.15, 0.2) is 22.7 Å². The fourth-order valence-electron chi connectivity index (χ4n) is 2.49. The van der Waals surface area contributed by atoms with Gasteiger partial charge in [0.2, 0.25) is 0 Å². The number of anilines is 1. The number of hydrogen-bond donors (Lipinski definition) is 1. The van der Waals surface area contributed by atoms with E-state index in [2.05, 4.69) is 64.6 Å². The van der Waals surface area contributed by atoms with Crippen LogP contribution in [0, 0.1) is 0 Å². The molecule has 1 fully saturated rings. The Labute approximate surface area is 129 Å². The van der Waals surface area contributed by atoms with E-state index in [0.29, 0.717) is 6.04 Å². The van der Waals surface area contributed by atoms with Crippen molar-refractivity contribution in [3.05, 3.63) is 28.2 Å². The maximum atomic E-state index is 6.14. The minimum atomic E-state index is 0.259. The molecule has 0 saturated carbocycles. The zero-order valence-electron chi connectivity index (χ0n) is 11.7. The number of hydrogen-bond acceptors (Lipinski definition) is 3. The molecular formula is C15H23BrN2S. The zero-order valence-corrected chi connectivity index (χ0v) is 14.1. The summed E-state index contributed by atoms with van der Waals surface area (Å²) in [4.78, 5) is 2.54. The first-order valence-electron chi connectivity index (χ1n) is 7.00. The summed E-state index contributed by atoms with van der Waals surface area (Å²) in [5.74, 6) is 2.43. The fourth-order valence-corrected chi connectivity index (χ4v) is 3.85. The predicted octanol–water partition coefficient (Wildman–Crippen LogP) is 3.67. The highest BCUT2D eigenvalue weighted by Crippen LogP contribution is 2.30. The normalized spacial score (nSPS) is 21.5. The Morgan fingerprint density at radius 3 is 3.00 bits per heavy atom. The highest BCUT2D eigenvalue weighted by atomic mass is 79.9. The Kier molecular flexibility index (Phi) is 5.60. The topological polar surface area (TPSA) is 29.3 Å². The third-order valence-electron chi connectivity index (χ3n) is 3.73. The molecule has 106 valence electrons. The Morgan fingerprint density at radius 2 is 2.32 bits per heavy atom. The van der Waals surface area contributed by atoms with E-state index in [4.69, 9.17) is 5.73 Å². The number of thioether (sulfide) groups is 1. The Hall–Kier alpha value is -0.190. The van der Waals surface area contributed by atoms with E-state index in [-0.39, 0.29) is 6.04 Å². The summed E-state index contributed by atoms with van der Waals surface area (Å²) in [5, 5.41) is 0. The number of nitrogens with zero attached hydrogens (tertiary/aromatic N) is 1. The van der Waals surface area contributed by atoms with Crippen LogP contribution in [0.3, 0.4) is 0 Å². The maximum absolute atomic E-state index is 6.14. The average Bonchev–Trinajstić information content (AvgIpc) is 2.41. The molecular weight excluding hydrogens is 320 g/mol. The molecule has 0 aliphatic carbocycles. The van der Waals surface area contributed by atoms with Crippen LogP contribution in [0.5, 0.6) is 0 Å². The smallest absolute Gasteiger partial charge is 0.0413 e. The first-order valence-corrected chi connectivity index (χ1v) is 8.95. The molecule has 4 heteroatoms. The average molecular weight is 343 g/mol. The number of rotatable bonds is 4. The zero-order chi connectivity index (χ0) is 13.8. The van der Waals surface area contributed by atoms with Crippen molar-refractivity contribution >= 4 is 33.4 Å². The van der Waals surface area contributed by atoms with Crippen LogP contribution in [-0.2, 0) is 6.42 Å². The second-order valence-electron chi connectivity index (χ2n) is 5.26. The van der Waals surface area contributed by atoms with Crippen molar-refractivity contribution in [2.24, 2.45) is 5.73 Å². The number of nitrogens with two attached hydrogens (primary N) is 1. The van der Waals surface area contributed by atoms with Gasteiger partial charge >= 0.3 is 0 Å². The second kappa shape index (κ2) is 7.00. The monoisotopic (exact) mass is 342 g/mol. The molecule has 2 atom stereocenters. The van der Waals surface area contributed by atoms with Gasteiger partial charge in [0.15, 0.2) is 0 Å². The van der Waals surface area contributed by atoms with Crippen molar-refractivity contribution in [3.8, 4) is 0 Å². The molecule has 0 spiro atoms. The highest BCUT2D eigenvalue weighted by Gasteiger charge is 2.21. The summed E-state index contributed by atoms with van der Waals surface area (Å²) in [6, 6.07) is 7.47. The van der Waals surface area contributed by atoms with Crippen LogP contribution in [0.4, 0.5) is 5.69 Å². The minimum absolute atomic E-state index is 0.259. The van der Waals surface area contributed by atoms with Gasteiger partial charge in [-0.15, -0.1) is 0 Å². The molecule has 1 aromatic rings. The molecule has 19 heavy (non-hydrogen) atoms. The van der Waals surface area contributed by atoms with Crippen molar-refractivity contribution in [1.29, 1.82) is 0 Å². The van der Waals surface area contributed by atoms with E-state index in [1.165, 1.54) is 22.8 Å². The van der Waals surface area contributed by atoms with Crippen LogP contribution in [-0.4, -0.2) is 30.1 Å². The molecule has 2 N–H and O–H groups in total. The molecule has 1 aromatic carbocycles. The van der Waals surface area contributed by atoms with Crippen molar-refractivity contribution in [2.75, 3.05) is 23.0 Å². The predicted molar refractivity (Wildman–Crippen MR) is 90.2 cm³/mol. The van der Waals surface area contributed by atoms with Crippen LogP contribution >= 0.6 is 27.7 Å². The number of benzene rings is 1. The van der Waals surface area contributed by atoms with Crippen molar-refractivity contribution < 1.29 is 0 Å². The molecule has 0 radical (unpaired) electrons. The van der Waals surface area contributed by atoms with Crippen molar-refractivity contribution in [1.82, 2.24) is 0 Å². The lowest BCUT2D eigenvalue weighted by atomic mass is 10.0. The first kappa shape index (κ1) is 15.2. The van der Waals surface area contributed by atoms with Gasteiger partial charge in [-0.1, -0.05) is 28.9 Å². The molecule has 0 aromatic heterocycles. The van der Waals surface area contributed by atoms with Crippen molar-refractivity contribution in [2.45, 2.75) is 38.8 Å². The maximum Gasteiger partial charge on any atom is 0.0413 e. The third kappa shape index (κ3) is 3.89. The quantitative estimate of drug-likeness (QED) is 0.904. The largest absolute Gasteiger partial charge is 0.367 e. The van der Waals surface area contributed by atoms with Crippen LogP contribution in [0.25, 0.3) is 0 Å². The van der Waals surface area contributed by atoms with E-state index in [1.807, 2.05) is 0 Å². The lowest BCUT2D eigenvalue weighted by molar-refractivity contribution is 0.638. The highest BCUT2D eigenvalue weighted by molar-refractivity contribution is 9.10. The Morgan fingerprint density at radius 1 is 1.53 bits per heavy atom. The summed E-state index contributed by atoms with van der Waals surface area (Å²) in [5.41, 5.74) is 8.89. The molecule has 0 bridgehead atoms. The van der Waals surface area contributed by atoms with E-state index >= 15 is 0 Å². The molecule has 1 heterocycles. The SMILES string of the molecule is CCC(N)Cc1ccc(Br)cc1N1CCSCC1C. The minimum Gasteiger partial charge on any atom is -0.367 e. The number of halogens is 1. The third-order valence-corrected chi connectivity index (χ3v) is 5.41. The summed E-state index contributed by atoms with van der Waals surface area (Å²) in [6.45, 7) is 5.61. The first-order chi connectivity index (χ1) is 9.11. The van der Waals surface area contributed by atoms with E-state index in [1.54, 1.807) is 0 Å². The van der Waals surface area contributed by atoms with Gasteiger partial charge in [-0.3, -0.25) is 0 Å². The molecule has 1 saturated heterocycles. The van der Waals surface area contributed by atoms with E-state index < -0.39 is 0 Å². The van der Waals surface area contributed by atoms with E-state index in [9.17, 15) is 0 Å². The van der Waals surface area contributed by atoms with Gasteiger partial charge in [0.05, 0.1) is 0 Å². The fraction of sp³-hybridized carbons (Fsp3) is 0.600. The Balaban J connectivity index is 2.28. The summed E-state index contributed by atoms with van der Waals surface area (Å²) in [6.07, 6.45) is 2.00. The van der Waals surface area contributed by atoms with Crippen LogP contribution in [0.2, 0.25) is 0 Å². The van der Waals surface area contributed by atoms with Gasteiger partial charge in [-0.2, -0.15) is 11.8 Å². The van der Waals surface area contributed by atoms with Gasteiger partial charge < -0.3 is 10.6 Å². The van der Waals surface area contributed by atoms with Gasteiger partial charge in [0.25, 0.3) is 0 Å². The summed E-state index contributed by atoms with van der Waals surface area (Å²) < 4.78 is 1.15. The van der Waals surface area contributed by atoms with Crippen LogP contribution in [0.1, 0.15) is 25.8 Å². The van der Waals surface area contributed by atoms with Crippen molar-refractivity contribution in [3.63, 3.8) is 0 Å².